The lowest BCUT2D eigenvalue weighted by molar-refractivity contribution is -0.153. The molecule has 1 amide bonds. The zero-order valence-corrected chi connectivity index (χ0v) is 14.5. The second-order valence-electron chi connectivity index (χ2n) is 6.99. The van der Waals surface area contributed by atoms with Crippen LogP contribution in [0.2, 0.25) is 0 Å². The monoisotopic (exact) mass is 335 g/mol. The van der Waals surface area contributed by atoms with Crippen molar-refractivity contribution in [2.45, 2.75) is 51.4 Å². The van der Waals surface area contributed by atoms with Crippen LogP contribution in [0.15, 0.2) is 24.3 Å². The van der Waals surface area contributed by atoms with Crippen molar-refractivity contribution in [3.63, 3.8) is 0 Å². The van der Waals surface area contributed by atoms with E-state index in [0.717, 1.165) is 11.3 Å². The lowest BCUT2D eigenvalue weighted by Gasteiger charge is -2.28. The molecule has 0 unspecified atom stereocenters. The fourth-order valence-corrected chi connectivity index (χ4v) is 3.01. The Hall–Kier alpha value is -2.08. The lowest BCUT2D eigenvalue weighted by Crippen LogP contribution is -2.49. The number of amides is 1. The molecule has 1 saturated heterocycles. The topological polar surface area (TPSA) is 84.9 Å². The van der Waals surface area contributed by atoms with Gasteiger partial charge in [-0.25, -0.2) is 4.79 Å². The third-order valence-corrected chi connectivity index (χ3v) is 4.22. The maximum atomic E-state index is 12.4. The summed E-state index contributed by atoms with van der Waals surface area (Å²) in [6.07, 6.45) is -0.559. The lowest BCUT2D eigenvalue weighted by atomic mass is 9.94. The van der Waals surface area contributed by atoms with Gasteiger partial charge in [-0.15, -0.1) is 0 Å². The third-order valence-electron chi connectivity index (χ3n) is 4.22. The second kappa shape index (κ2) is 7.21. The van der Waals surface area contributed by atoms with Gasteiger partial charge in [0, 0.05) is 5.54 Å². The van der Waals surface area contributed by atoms with E-state index in [0.29, 0.717) is 12.8 Å². The zero-order valence-electron chi connectivity index (χ0n) is 14.5. The van der Waals surface area contributed by atoms with Gasteiger partial charge in [-0.3, -0.25) is 4.79 Å². The Morgan fingerprint density at radius 1 is 1.33 bits per heavy atom. The van der Waals surface area contributed by atoms with Crippen molar-refractivity contribution in [2.24, 2.45) is 5.92 Å². The quantitative estimate of drug-likeness (QED) is 0.831. The van der Waals surface area contributed by atoms with Crippen LogP contribution >= 0.6 is 0 Å². The molecule has 0 bridgehead atoms. The molecule has 0 aliphatic carbocycles. The van der Waals surface area contributed by atoms with Crippen LogP contribution in [0.3, 0.4) is 0 Å². The van der Waals surface area contributed by atoms with E-state index in [2.05, 4.69) is 5.32 Å². The summed E-state index contributed by atoms with van der Waals surface area (Å²) >= 11 is 0. The highest BCUT2D eigenvalue weighted by molar-refractivity contribution is 5.83. The number of carboxylic acids is 1. The Kier molecular flexibility index (Phi) is 5.49. The SMILES string of the molecule is COc1ccc(CC(C)(C)NC(=O)[C@@H]2C[C@H](C)[C@@H](C(=O)O)O2)cc1. The first-order valence-electron chi connectivity index (χ1n) is 8.05. The minimum atomic E-state index is -1.02. The number of rotatable bonds is 6. The normalized spacial score (nSPS) is 23.8. The van der Waals surface area contributed by atoms with Crippen LogP contribution in [0.25, 0.3) is 0 Å². The highest BCUT2D eigenvalue weighted by Gasteiger charge is 2.41. The molecule has 0 saturated carbocycles. The smallest absolute Gasteiger partial charge is 0.333 e. The molecule has 1 aliphatic heterocycles. The summed E-state index contributed by atoms with van der Waals surface area (Å²) in [5.74, 6) is -0.670. The number of carbonyl (C=O) groups excluding carboxylic acids is 1. The molecule has 0 radical (unpaired) electrons. The molecular weight excluding hydrogens is 310 g/mol. The minimum Gasteiger partial charge on any atom is -0.497 e. The summed E-state index contributed by atoms with van der Waals surface area (Å²) < 4.78 is 10.5. The number of hydrogen-bond donors (Lipinski definition) is 2. The fourth-order valence-electron chi connectivity index (χ4n) is 3.01. The summed E-state index contributed by atoms with van der Waals surface area (Å²) in [6.45, 7) is 5.65. The molecule has 0 aromatic heterocycles. The molecule has 1 fully saturated rings. The van der Waals surface area contributed by atoms with Crippen molar-refractivity contribution >= 4 is 11.9 Å². The molecule has 2 N–H and O–H groups in total. The number of carbonyl (C=O) groups is 2. The molecule has 3 atom stereocenters. The molecule has 0 spiro atoms. The molecular formula is C18H25NO5. The average Bonchev–Trinajstić information content (AvgIpc) is 2.89. The Morgan fingerprint density at radius 2 is 1.96 bits per heavy atom. The highest BCUT2D eigenvalue weighted by atomic mass is 16.5. The van der Waals surface area contributed by atoms with Gasteiger partial charge < -0.3 is 19.9 Å². The van der Waals surface area contributed by atoms with Gasteiger partial charge in [-0.1, -0.05) is 19.1 Å². The molecule has 6 heteroatoms. The predicted octanol–water partition coefficient (Wildman–Crippen LogP) is 2.01. The summed E-state index contributed by atoms with van der Waals surface area (Å²) in [7, 11) is 1.62. The van der Waals surface area contributed by atoms with Crippen LogP contribution in [0.5, 0.6) is 5.75 Å². The van der Waals surface area contributed by atoms with E-state index in [1.807, 2.05) is 38.1 Å². The first-order chi connectivity index (χ1) is 11.2. The molecule has 6 nitrogen and oxygen atoms in total. The van der Waals surface area contributed by atoms with Gasteiger partial charge in [0.25, 0.3) is 0 Å². The molecule has 1 aliphatic rings. The second-order valence-corrected chi connectivity index (χ2v) is 6.99. The van der Waals surface area contributed by atoms with E-state index in [1.165, 1.54) is 0 Å². The maximum Gasteiger partial charge on any atom is 0.333 e. The van der Waals surface area contributed by atoms with Gasteiger partial charge in [0.05, 0.1) is 7.11 Å². The first-order valence-corrected chi connectivity index (χ1v) is 8.05. The average molecular weight is 335 g/mol. The summed E-state index contributed by atoms with van der Waals surface area (Å²) in [5, 5.41) is 12.1. The van der Waals surface area contributed by atoms with E-state index in [-0.39, 0.29) is 11.8 Å². The molecule has 24 heavy (non-hydrogen) atoms. The molecule has 1 heterocycles. The van der Waals surface area contributed by atoms with Gasteiger partial charge in [0.2, 0.25) is 5.91 Å². The molecule has 1 aromatic carbocycles. The number of nitrogens with one attached hydrogen (secondary N) is 1. The van der Waals surface area contributed by atoms with Gasteiger partial charge >= 0.3 is 5.97 Å². The van der Waals surface area contributed by atoms with Crippen LogP contribution in [-0.4, -0.2) is 41.8 Å². The van der Waals surface area contributed by atoms with E-state index >= 15 is 0 Å². The maximum absolute atomic E-state index is 12.4. The zero-order chi connectivity index (χ0) is 17.9. The number of benzene rings is 1. The predicted molar refractivity (Wildman–Crippen MR) is 89.0 cm³/mol. The van der Waals surface area contributed by atoms with Gasteiger partial charge in [0.1, 0.15) is 11.9 Å². The van der Waals surface area contributed by atoms with Crippen molar-refractivity contribution in [3.05, 3.63) is 29.8 Å². The number of methoxy groups -OCH3 is 1. The summed E-state index contributed by atoms with van der Waals surface area (Å²) in [6, 6.07) is 7.68. The van der Waals surface area contributed by atoms with E-state index in [1.54, 1.807) is 14.0 Å². The van der Waals surface area contributed by atoms with Crippen LogP contribution < -0.4 is 10.1 Å². The van der Waals surface area contributed by atoms with E-state index < -0.39 is 23.7 Å². The van der Waals surface area contributed by atoms with Crippen molar-refractivity contribution < 1.29 is 24.2 Å². The largest absolute Gasteiger partial charge is 0.497 e. The first kappa shape index (κ1) is 18.3. The number of carboxylic acid groups (broad SMARTS) is 1. The third kappa shape index (κ3) is 4.47. The standard InChI is InChI=1S/C18H25NO5/c1-11-9-14(24-15(11)17(21)22)16(20)19-18(2,3)10-12-5-7-13(23-4)8-6-12/h5-8,11,14-15H,9-10H2,1-4H3,(H,19,20)(H,21,22)/t11-,14-,15-/m0/s1. The van der Waals surface area contributed by atoms with Crippen LogP contribution in [0.4, 0.5) is 0 Å². The van der Waals surface area contributed by atoms with E-state index in [4.69, 9.17) is 14.6 Å². The van der Waals surface area contributed by atoms with Gasteiger partial charge in [-0.2, -0.15) is 0 Å². The Morgan fingerprint density at radius 3 is 2.46 bits per heavy atom. The number of aliphatic carboxylic acids is 1. The highest BCUT2D eigenvalue weighted by Crippen LogP contribution is 2.27. The Bertz CT molecular complexity index is 596. The van der Waals surface area contributed by atoms with E-state index in [9.17, 15) is 9.59 Å². The molecule has 1 aromatic rings. The number of ether oxygens (including phenoxy) is 2. The van der Waals surface area contributed by atoms with Crippen molar-refractivity contribution in [1.29, 1.82) is 0 Å². The van der Waals surface area contributed by atoms with Gasteiger partial charge in [0.15, 0.2) is 6.10 Å². The molecule has 2 rings (SSSR count). The minimum absolute atomic E-state index is 0.178. The Labute approximate surface area is 142 Å². The summed E-state index contributed by atoms with van der Waals surface area (Å²) in [4.78, 5) is 23.5. The van der Waals surface area contributed by atoms with Gasteiger partial charge in [-0.05, 0) is 50.3 Å². The van der Waals surface area contributed by atoms with Crippen molar-refractivity contribution in [3.8, 4) is 5.75 Å². The Balaban J connectivity index is 1.95. The van der Waals surface area contributed by atoms with Crippen LogP contribution in [0, 0.1) is 5.92 Å². The summed E-state index contributed by atoms with van der Waals surface area (Å²) in [5.41, 5.74) is 0.602. The molecule has 132 valence electrons. The van der Waals surface area contributed by atoms with Crippen LogP contribution in [-0.2, 0) is 20.7 Å². The van der Waals surface area contributed by atoms with Crippen LogP contribution in [0.1, 0.15) is 32.8 Å². The van der Waals surface area contributed by atoms with Crippen molar-refractivity contribution in [2.75, 3.05) is 7.11 Å². The fraction of sp³-hybridized carbons (Fsp3) is 0.556. The van der Waals surface area contributed by atoms with Crippen molar-refractivity contribution in [1.82, 2.24) is 5.32 Å². The number of hydrogen-bond acceptors (Lipinski definition) is 4.